The van der Waals surface area contributed by atoms with Gasteiger partial charge in [0.2, 0.25) is 0 Å². The molecule has 0 aliphatic heterocycles. The van der Waals surface area contributed by atoms with Crippen molar-refractivity contribution in [3.63, 3.8) is 0 Å². The van der Waals surface area contributed by atoms with Gasteiger partial charge in [-0.1, -0.05) is 6.92 Å². The molecule has 1 aromatic rings. The van der Waals surface area contributed by atoms with Crippen molar-refractivity contribution >= 4 is 11.7 Å². The number of benzene rings is 1. The average molecular weight is 255 g/mol. The Hall–Kier alpha value is -1.78. The fourth-order valence-electron chi connectivity index (χ4n) is 1.71. The van der Waals surface area contributed by atoms with Crippen LogP contribution in [0.25, 0.3) is 0 Å². The Morgan fingerprint density at radius 2 is 2.22 bits per heavy atom. The van der Waals surface area contributed by atoms with Gasteiger partial charge in [-0.25, -0.2) is 4.39 Å². The van der Waals surface area contributed by atoms with Crippen LogP contribution in [-0.2, 0) is 4.79 Å². The lowest BCUT2D eigenvalue weighted by molar-refractivity contribution is -0.141. The summed E-state index contributed by atoms with van der Waals surface area (Å²) >= 11 is 0. The predicted octanol–water partition coefficient (Wildman–Crippen LogP) is 2.38. The highest BCUT2D eigenvalue weighted by Gasteiger charge is 2.18. The molecule has 0 aliphatic carbocycles. The molecule has 1 rings (SSSR count). The lowest BCUT2D eigenvalue weighted by atomic mass is 10.1. The van der Waals surface area contributed by atoms with E-state index < -0.39 is 17.7 Å². The van der Waals surface area contributed by atoms with E-state index in [1.807, 2.05) is 6.92 Å². The summed E-state index contributed by atoms with van der Waals surface area (Å²) in [5, 5.41) is 8.99. The summed E-state index contributed by atoms with van der Waals surface area (Å²) in [6.07, 6.45) is 0.540. The van der Waals surface area contributed by atoms with Gasteiger partial charge >= 0.3 is 5.97 Å². The zero-order chi connectivity index (χ0) is 13.7. The Morgan fingerprint density at radius 1 is 1.56 bits per heavy atom. The largest absolute Gasteiger partial charge is 0.494 e. The third-order valence-electron chi connectivity index (χ3n) is 2.91. The standard InChI is InChI=1S/C13H18FNO3/c1-4-9(13(16)17)8-15(2)10-5-6-12(18-3)11(14)7-10/h5-7,9H,4,8H2,1-3H3,(H,16,17). The maximum atomic E-state index is 13.5. The first-order valence-electron chi connectivity index (χ1n) is 5.77. The maximum absolute atomic E-state index is 13.5. The van der Waals surface area contributed by atoms with Crippen LogP contribution < -0.4 is 9.64 Å². The van der Waals surface area contributed by atoms with E-state index in [4.69, 9.17) is 9.84 Å². The van der Waals surface area contributed by atoms with Crippen molar-refractivity contribution in [3.8, 4) is 5.75 Å². The van der Waals surface area contributed by atoms with Gasteiger partial charge in [0.25, 0.3) is 0 Å². The Labute approximate surface area is 106 Å². The first kappa shape index (κ1) is 14.3. The number of aliphatic carboxylic acids is 1. The minimum atomic E-state index is -0.835. The molecule has 0 fully saturated rings. The second kappa shape index (κ2) is 6.23. The van der Waals surface area contributed by atoms with Crippen molar-refractivity contribution in [2.45, 2.75) is 13.3 Å². The fraction of sp³-hybridized carbons (Fsp3) is 0.462. The topological polar surface area (TPSA) is 49.8 Å². The number of methoxy groups -OCH3 is 1. The molecule has 0 saturated carbocycles. The molecule has 18 heavy (non-hydrogen) atoms. The monoisotopic (exact) mass is 255 g/mol. The molecule has 5 heteroatoms. The van der Waals surface area contributed by atoms with Crippen molar-refractivity contribution in [1.29, 1.82) is 0 Å². The lowest BCUT2D eigenvalue weighted by Crippen LogP contribution is -2.29. The van der Waals surface area contributed by atoms with Gasteiger partial charge in [0.15, 0.2) is 11.6 Å². The highest BCUT2D eigenvalue weighted by molar-refractivity contribution is 5.71. The quantitative estimate of drug-likeness (QED) is 0.848. The second-order valence-electron chi connectivity index (χ2n) is 4.14. The van der Waals surface area contributed by atoms with Crippen LogP contribution in [0.4, 0.5) is 10.1 Å². The molecule has 0 bridgehead atoms. The number of hydrogen-bond acceptors (Lipinski definition) is 3. The number of ether oxygens (including phenoxy) is 1. The number of nitrogens with zero attached hydrogens (tertiary/aromatic N) is 1. The molecule has 0 aromatic heterocycles. The van der Waals surface area contributed by atoms with Crippen LogP contribution >= 0.6 is 0 Å². The number of carboxylic acids is 1. The molecular weight excluding hydrogens is 237 g/mol. The molecule has 0 radical (unpaired) electrons. The van der Waals surface area contributed by atoms with Crippen molar-refractivity contribution in [2.75, 3.05) is 25.6 Å². The number of carboxylic acid groups (broad SMARTS) is 1. The van der Waals surface area contributed by atoms with Gasteiger partial charge in [-0.15, -0.1) is 0 Å². The normalized spacial score (nSPS) is 12.0. The number of halogens is 1. The van der Waals surface area contributed by atoms with Gasteiger partial charge in [-0.2, -0.15) is 0 Å². The van der Waals surface area contributed by atoms with Crippen molar-refractivity contribution in [2.24, 2.45) is 5.92 Å². The van der Waals surface area contributed by atoms with Gasteiger partial charge < -0.3 is 14.7 Å². The molecule has 100 valence electrons. The summed E-state index contributed by atoms with van der Waals surface area (Å²) in [7, 11) is 3.15. The van der Waals surface area contributed by atoms with E-state index in [1.54, 1.807) is 18.0 Å². The van der Waals surface area contributed by atoms with Crippen LogP contribution in [0.2, 0.25) is 0 Å². The van der Waals surface area contributed by atoms with Crippen molar-refractivity contribution in [1.82, 2.24) is 0 Å². The zero-order valence-corrected chi connectivity index (χ0v) is 10.8. The summed E-state index contributed by atoms with van der Waals surface area (Å²) in [6, 6.07) is 4.58. The van der Waals surface area contributed by atoms with Crippen molar-refractivity contribution in [3.05, 3.63) is 24.0 Å². The van der Waals surface area contributed by atoms with Crippen LogP contribution in [0.1, 0.15) is 13.3 Å². The number of carbonyl (C=O) groups is 1. The molecule has 4 nitrogen and oxygen atoms in total. The summed E-state index contributed by atoms with van der Waals surface area (Å²) < 4.78 is 18.4. The van der Waals surface area contributed by atoms with Gasteiger partial charge in [-0.3, -0.25) is 4.79 Å². The van der Waals surface area contributed by atoms with Crippen LogP contribution in [0.15, 0.2) is 18.2 Å². The predicted molar refractivity (Wildman–Crippen MR) is 67.6 cm³/mol. The van der Waals surface area contributed by atoms with Crippen LogP contribution in [0, 0.1) is 11.7 Å². The molecule has 0 saturated heterocycles. The summed E-state index contributed by atoms with van der Waals surface area (Å²) in [5.74, 6) is -1.57. The molecule has 0 amide bonds. The number of anilines is 1. The average Bonchev–Trinajstić information content (AvgIpc) is 2.35. The first-order valence-corrected chi connectivity index (χ1v) is 5.77. The number of rotatable bonds is 6. The summed E-state index contributed by atoms with van der Waals surface area (Å²) in [5.41, 5.74) is 0.632. The van der Waals surface area contributed by atoms with Gasteiger partial charge in [0.05, 0.1) is 13.0 Å². The molecule has 1 unspecified atom stereocenters. The van der Waals surface area contributed by atoms with Gasteiger partial charge in [-0.05, 0) is 18.6 Å². The van der Waals surface area contributed by atoms with Crippen LogP contribution in [-0.4, -0.2) is 31.8 Å². The summed E-state index contributed by atoms with van der Waals surface area (Å²) in [6.45, 7) is 2.17. The van der Waals surface area contributed by atoms with E-state index in [9.17, 15) is 9.18 Å². The minimum absolute atomic E-state index is 0.178. The molecule has 1 aromatic carbocycles. The van der Waals surface area contributed by atoms with Crippen LogP contribution in [0.3, 0.4) is 0 Å². The molecule has 0 aliphatic rings. The lowest BCUT2D eigenvalue weighted by Gasteiger charge is -2.23. The highest BCUT2D eigenvalue weighted by atomic mass is 19.1. The molecule has 1 atom stereocenters. The Balaban J connectivity index is 2.81. The molecule has 0 heterocycles. The SMILES string of the molecule is CCC(CN(C)c1ccc(OC)c(F)c1)C(=O)O. The van der Waals surface area contributed by atoms with E-state index in [2.05, 4.69) is 0 Å². The van der Waals surface area contributed by atoms with Crippen molar-refractivity contribution < 1.29 is 19.0 Å². The Bertz CT molecular complexity index is 423. The second-order valence-corrected chi connectivity index (χ2v) is 4.14. The Morgan fingerprint density at radius 3 is 2.67 bits per heavy atom. The van der Waals surface area contributed by atoms with E-state index in [1.165, 1.54) is 19.2 Å². The highest BCUT2D eigenvalue weighted by Crippen LogP contribution is 2.23. The van der Waals surface area contributed by atoms with Gasteiger partial charge in [0, 0.05) is 25.3 Å². The molecule has 0 spiro atoms. The smallest absolute Gasteiger partial charge is 0.308 e. The first-order chi connectivity index (χ1) is 8.49. The number of hydrogen-bond donors (Lipinski definition) is 1. The Kier molecular flexibility index (Phi) is 4.95. The zero-order valence-electron chi connectivity index (χ0n) is 10.8. The maximum Gasteiger partial charge on any atom is 0.308 e. The third-order valence-corrected chi connectivity index (χ3v) is 2.91. The minimum Gasteiger partial charge on any atom is -0.494 e. The van der Waals surface area contributed by atoms with E-state index >= 15 is 0 Å². The fourth-order valence-corrected chi connectivity index (χ4v) is 1.71. The van der Waals surface area contributed by atoms with Gasteiger partial charge in [0.1, 0.15) is 0 Å². The van der Waals surface area contributed by atoms with E-state index in [-0.39, 0.29) is 5.75 Å². The third kappa shape index (κ3) is 3.35. The molecular formula is C13H18FNO3. The molecule has 1 N–H and O–H groups in total. The summed E-state index contributed by atoms with van der Waals surface area (Å²) in [4.78, 5) is 12.7. The van der Waals surface area contributed by atoms with E-state index in [0.717, 1.165) is 0 Å². The van der Waals surface area contributed by atoms with E-state index in [0.29, 0.717) is 18.7 Å². The van der Waals surface area contributed by atoms with Crippen LogP contribution in [0.5, 0.6) is 5.75 Å².